The van der Waals surface area contributed by atoms with Crippen LogP contribution in [0.1, 0.15) is 11.1 Å². The average molecular weight is 323 g/mol. The first-order valence-electron chi connectivity index (χ1n) is 7.34. The van der Waals surface area contributed by atoms with E-state index in [1.54, 1.807) is 25.3 Å². The second kappa shape index (κ2) is 8.34. The zero-order chi connectivity index (χ0) is 17.4. The number of rotatable bonds is 5. The van der Waals surface area contributed by atoms with Gasteiger partial charge in [-0.05, 0) is 42.3 Å². The summed E-state index contributed by atoms with van der Waals surface area (Å²) >= 11 is 0. The standard InChI is InChI=1S/C18H17N3O3/c1-24-16-7-5-13(6-8-16)9-10-20-17(22)18(23)21-15-4-2-3-14(11-15)12-19/h2-8,11H,9-10H2,1H3,(H,20,22)(H,21,23). The predicted molar refractivity (Wildman–Crippen MR) is 89.5 cm³/mol. The molecular weight excluding hydrogens is 306 g/mol. The van der Waals surface area contributed by atoms with Gasteiger partial charge in [0.1, 0.15) is 5.75 Å². The van der Waals surface area contributed by atoms with Crippen LogP contribution >= 0.6 is 0 Å². The predicted octanol–water partition coefficient (Wildman–Crippen LogP) is 1.86. The van der Waals surface area contributed by atoms with Crippen LogP contribution in [-0.4, -0.2) is 25.5 Å². The highest BCUT2D eigenvalue weighted by molar-refractivity contribution is 6.39. The first kappa shape index (κ1) is 17.0. The van der Waals surface area contributed by atoms with Gasteiger partial charge in [-0.2, -0.15) is 5.26 Å². The van der Waals surface area contributed by atoms with Crippen LogP contribution in [0.5, 0.6) is 5.75 Å². The van der Waals surface area contributed by atoms with Crippen LogP contribution in [0.3, 0.4) is 0 Å². The lowest BCUT2D eigenvalue weighted by atomic mass is 10.1. The number of amides is 2. The minimum absolute atomic E-state index is 0.344. The monoisotopic (exact) mass is 323 g/mol. The van der Waals surface area contributed by atoms with Crippen molar-refractivity contribution in [2.75, 3.05) is 19.0 Å². The summed E-state index contributed by atoms with van der Waals surface area (Å²) in [5.74, 6) is -0.715. The molecule has 0 spiro atoms. The molecular formula is C18H17N3O3. The van der Waals surface area contributed by atoms with Gasteiger partial charge in [0.15, 0.2) is 0 Å². The molecule has 0 atom stereocenters. The third-order valence-electron chi connectivity index (χ3n) is 3.31. The molecule has 2 amide bonds. The lowest BCUT2D eigenvalue weighted by Crippen LogP contribution is -2.36. The number of hydrogen-bond donors (Lipinski definition) is 2. The van der Waals surface area contributed by atoms with Crippen LogP contribution in [0.4, 0.5) is 5.69 Å². The molecule has 0 saturated heterocycles. The van der Waals surface area contributed by atoms with Crippen molar-refractivity contribution in [3.63, 3.8) is 0 Å². The van der Waals surface area contributed by atoms with Gasteiger partial charge in [0.05, 0.1) is 18.7 Å². The topological polar surface area (TPSA) is 91.2 Å². The zero-order valence-corrected chi connectivity index (χ0v) is 13.2. The summed E-state index contributed by atoms with van der Waals surface area (Å²) in [5.41, 5.74) is 1.84. The summed E-state index contributed by atoms with van der Waals surface area (Å²) in [5, 5.41) is 13.8. The largest absolute Gasteiger partial charge is 0.497 e. The minimum atomic E-state index is -0.764. The van der Waals surface area contributed by atoms with Crippen molar-refractivity contribution >= 4 is 17.5 Å². The first-order valence-corrected chi connectivity index (χ1v) is 7.34. The molecule has 0 fully saturated rings. The van der Waals surface area contributed by atoms with Crippen molar-refractivity contribution in [3.8, 4) is 11.8 Å². The van der Waals surface area contributed by atoms with E-state index < -0.39 is 11.8 Å². The molecule has 6 heteroatoms. The fourth-order valence-electron chi connectivity index (χ4n) is 2.05. The van der Waals surface area contributed by atoms with Crippen LogP contribution in [0.15, 0.2) is 48.5 Å². The Bertz CT molecular complexity index is 764. The highest BCUT2D eigenvalue weighted by atomic mass is 16.5. The van der Waals surface area contributed by atoms with Crippen molar-refractivity contribution in [1.29, 1.82) is 5.26 Å². The number of carbonyl (C=O) groups excluding carboxylic acids is 2. The maximum atomic E-state index is 11.8. The van der Waals surface area contributed by atoms with Crippen LogP contribution in [0.25, 0.3) is 0 Å². The Kier molecular flexibility index (Phi) is 5.92. The number of methoxy groups -OCH3 is 1. The molecule has 2 aromatic rings. The molecule has 0 bridgehead atoms. The summed E-state index contributed by atoms with van der Waals surface area (Å²) in [6.45, 7) is 0.344. The summed E-state index contributed by atoms with van der Waals surface area (Å²) in [4.78, 5) is 23.6. The molecule has 24 heavy (non-hydrogen) atoms. The quantitative estimate of drug-likeness (QED) is 0.822. The smallest absolute Gasteiger partial charge is 0.313 e. The van der Waals surface area contributed by atoms with Gasteiger partial charge in [-0.15, -0.1) is 0 Å². The number of anilines is 1. The van der Waals surface area contributed by atoms with Crippen LogP contribution in [0, 0.1) is 11.3 Å². The van der Waals surface area contributed by atoms with Crippen LogP contribution in [0.2, 0.25) is 0 Å². The molecule has 0 aliphatic heterocycles. The molecule has 0 radical (unpaired) electrons. The average Bonchev–Trinajstić information content (AvgIpc) is 2.62. The molecule has 2 rings (SSSR count). The molecule has 0 aliphatic rings. The van der Waals surface area contributed by atoms with Crippen molar-refractivity contribution < 1.29 is 14.3 Å². The lowest BCUT2D eigenvalue weighted by molar-refractivity contribution is -0.136. The third-order valence-corrected chi connectivity index (χ3v) is 3.31. The van der Waals surface area contributed by atoms with E-state index in [9.17, 15) is 9.59 Å². The van der Waals surface area contributed by atoms with Gasteiger partial charge in [-0.25, -0.2) is 0 Å². The Hall–Kier alpha value is -3.33. The second-order valence-corrected chi connectivity index (χ2v) is 5.00. The Labute approximate surface area is 140 Å². The molecule has 2 N–H and O–H groups in total. The fraction of sp³-hybridized carbons (Fsp3) is 0.167. The molecule has 2 aromatic carbocycles. The fourth-order valence-corrected chi connectivity index (χ4v) is 2.05. The van der Waals surface area contributed by atoms with E-state index in [2.05, 4.69) is 10.6 Å². The summed E-state index contributed by atoms with van der Waals surface area (Å²) in [6.07, 6.45) is 0.604. The van der Waals surface area contributed by atoms with E-state index in [1.807, 2.05) is 30.3 Å². The van der Waals surface area contributed by atoms with Gasteiger partial charge < -0.3 is 15.4 Å². The number of carbonyl (C=O) groups is 2. The van der Waals surface area contributed by atoms with Crippen molar-refractivity contribution in [3.05, 3.63) is 59.7 Å². The van der Waals surface area contributed by atoms with Gasteiger partial charge in [0, 0.05) is 12.2 Å². The first-order chi connectivity index (χ1) is 11.6. The van der Waals surface area contributed by atoms with Gasteiger partial charge in [-0.1, -0.05) is 18.2 Å². The Morgan fingerprint density at radius 3 is 2.54 bits per heavy atom. The van der Waals surface area contributed by atoms with Gasteiger partial charge in [0.25, 0.3) is 0 Å². The molecule has 0 heterocycles. The van der Waals surface area contributed by atoms with Gasteiger partial charge in [0.2, 0.25) is 0 Å². The molecule has 0 unspecified atom stereocenters. The van der Waals surface area contributed by atoms with E-state index in [1.165, 1.54) is 6.07 Å². The highest BCUT2D eigenvalue weighted by Gasteiger charge is 2.13. The summed E-state index contributed by atoms with van der Waals surface area (Å²) in [6, 6.07) is 15.8. The molecule has 0 aromatic heterocycles. The Morgan fingerprint density at radius 1 is 1.12 bits per heavy atom. The number of nitrogens with one attached hydrogen (secondary N) is 2. The highest BCUT2D eigenvalue weighted by Crippen LogP contribution is 2.11. The Balaban J connectivity index is 1.80. The van der Waals surface area contributed by atoms with Crippen molar-refractivity contribution in [1.82, 2.24) is 5.32 Å². The van der Waals surface area contributed by atoms with Crippen molar-refractivity contribution in [2.24, 2.45) is 0 Å². The van der Waals surface area contributed by atoms with Crippen molar-refractivity contribution in [2.45, 2.75) is 6.42 Å². The summed E-state index contributed by atoms with van der Waals surface area (Å²) < 4.78 is 5.07. The molecule has 6 nitrogen and oxygen atoms in total. The van der Waals surface area contributed by atoms with Gasteiger partial charge in [-0.3, -0.25) is 9.59 Å². The maximum Gasteiger partial charge on any atom is 0.313 e. The maximum absolute atomic E-state index is 11.8. The van der Waals surface area contributed by atoms with E-state index in [0.29, 0.717) is 24.2 Å². The number of nitrogens with zero attached hydrogens (tertiary/aromatic N) is 1. The van der Waals surface area contributed by atoms with E-state index in [0.717, 1.165) is 11.3 Å². The summed E-state index contributed by atoms with van der Waals surface area (Å²) in [7, 11) is 1.60. The minimum Gasteiger partial charge on any atom is -0.497 e. The number of ether oxygens (including phenoxy) is 1. The lowest BCUT2D eigenvalue weighted by Gasteiger charge is -2.07. The van der Waals surface area contributed by atoms with E-state index >= 15 is 0 Å². The zero-order valence-electron chi connectivity index (χ0n) is 13.2. The Morgan fingerprint density at radius 2 is 1.88 bits per heavy atom. The number of nitriles is 1. The second-order valence-electron chi connectivity index (χ2n) is 5.00. The normalized spacial score (nSPS) is 9.67. The number of hydrogen-bond acceptors (Lipinski definition) is 4. The SMILES string of the molecule is COc1ccc(CCNC(=O)C(=O)Nc2cccc(C#N)c2)cc1. The molecule has 0 aliphatic carbocycles. The molecule has 0 saturated carbocycles. The molecule has 122 valence electrons. The number of benzene rings is 2. The van der Waals surface area contributed by atoms with E-state index in [-0.39, 0.29) is 0 Å². The van der Waals surface area contributed by atoms with Crippen LogP contribution < -0.4 is 15.4 Å². The van der Waals surface area contributed by atoms with Gasteiger partial charge >= 0.3 is 11.8 Å². The van der Waals surface area contributed by atoms with Crippen LogP contribution in [-0.2, 0) is 16.0 Å². The third kappa shape index (κ3) is 4.85. The van der Waals surface area contributed by atoms with E-state index in [4.69, 9.17) is 10.00 Å².